The van der Waals surface area contributed by atoms with E-state index < -0.39 is 4.92 Å². The van der Waals surface area contributed by atoms with Gasteiger partial charge >= 0.3 is 0 Å². The Labute approximate surface area is 202 Å². The SMILES string of the molecule is COc1ccc(CCC(=O)N2CCCN(C(=O)c3ccc(-n4ccnc4)c([N+](=O)[O-])c3)CC2)cc1. The minimum atomic E-state index is -0.502. The number of ether oxygens (including phenoxy) is 1. The first-order valence-corrected chi connectivity index (χ1v) is 11.4. The van der Waals surface area contributed by atoms with Gasteiger partial charge in [0.15, 0.2) is 0 Å². The van der Waals surface area contributed by atoms with E-state index in [4.69, 9.17) is 4.74 Å². The molecule has 0 spiro atoms. The van der Waals surface area contributed by atoms with E-state index in [-0.39, 0.29) is 23.1 Å². The molecule has 3 aromatic rings. The van der Waals surface area contributed by atoms with Crippen LogP contribution in [-0.4, -0.2) is 69.4 Å². The molecular weight excluding hydrogens is 450 g/mol. The highest BCUT2D eigenvalue weighted by Gasteiger charge is 2.25. The second-order valence-corrected chi connectivity index (χ2v) is 8.31. The molecule has 10 heteroatoms. The summed E-state index contributed by atoms with van der Waals surface area (Å²) >= 11 is 0. The molecule has 1 aromatic heterocycles. The predicted octanol–water partition coefficient (Wildman–Crippen LogP) is 3.10. The summed E-state index contributed by atoms with van der Waals surface area (Å²) in [4.78, 5) is 44.4. The molecule has 0 bridgehead atoms. The molecule has 0 saturated carbocycles. The molecule has 182 valence electrons. The lowest BCUT2D eigenvalue weighted by atomic mass is 10.1. The summed E-state index contributed by atoms with van der Waals surface area (Å²) in [5, 5.41) is 11.6. The molecule has 4 rings (SSSR count). The average molecular weight is 478 g/mol. The summed E-state index contributed by atoms with van der Waals surface area (Å²) in [6.45, 7) is 1.87. The fourth-order valence-corrected chi connectivity index (χ4v) is 4.18. The maximum Gasteiger partial charge on any atom is 0.294 e. The molecule has 0 atom stereocenters. The van der Waals surface area contributed by atoms with Gasteiger partial charge in [0.25, 0.3) is 11.6 Å². The number of benzene rings is 2. The summed E-state index contributed by atoms with van der Waals surface area (Å²) in [5.41, 5.74) is 1.49. The number of nitrogens with zero attached hydrogens (tertiary/aromatic N) is 5. The number of carbonyl (C=O) groups excluding carboxylic acids is 2. The van der Waals surface area contributed by atoms with Gasteiger partial charge in [-0.1, -0.05) is 12.1 Å². The highest BCUT2D eigenvalue weighted by molar-refractivity contribution is 5.95. The third-order valence-electron chi connectivity index (χ3n) is 6.12. The second kappa shape index (κ2) is 10.8. The third-order valence-corrected chi connectivity index (χ3v) is 6.12. The van der Waals surface area contributed by atoms with Crippen molar-refractivity contribution >= 4 is 17.5 Å². The number of nitro benzene ring substituents is 1. The lowest BCUT2D eigenvalue weighted by Crippen LogP contribution is -2.37. The minimum Gasteiger partial charge on any atom is -0.497 e. The molecule has 2 aromatic carbocycles. The van der Waals surface area contributed by atoms with Crippen LogP contribution in [0.15, 0.2) is 61.2 Å². The van der Waals surface area contributed by atoms with Crippen LogP contribution in [0, 0.1) is 10.1 Å². The molecule has 0 radical (unpaired) electrons. The second-order valence-electron chi connectivity index (χ2n) is 8.31. The fourth-order valence-electron chi connectivity index (χ4n) is 4.18. The number of hydrogen-bond acceptors (Lipinski definition) is 6. The van der Waals surface area contributed by atoms with Crippen molar-refractivity contribution in [1.82, 2.24) is 19.4 Å². The van der Waals surface area contributed by atoms with Crippen LogP contribution in [0.4, 0.5) is 5.69 Å². The Morgan fingerprint density at radius 3 is 2.49 bits per heavy atom. The van der Waals surface area contributed by atoms with Crippen molar-refractivity contribution in [3.8, 4) is 11.4 Å². The lowest BCUT2D eigenvalue weighted by Gasteiger charge is -2.22. The van der Waals surface area contributed by atoms with Crippen LogP contribution in [0.25, 0.3) is 5.69 Å². The number of aryl methyl sites for hydroxylation is 1. The van der Waals surface area contributed by atoms with E-state index in [1.807, 2.05) is 24.3 Å². The first-order valence-electron chi connectivity index (χ1n) is 11.4. The van der Waals surface area contributed by atoms with Gasteiger partial charge in [-0.05, 0) is 42.7 Å². The Morgan fingerprint density at radius 1 is 1.06 bits per heavy atom. The zero-order chi connectivity index (χ0) is 24.8. The Bertz CT molecular complexity index is 1190. The monoisotopic (exact) mass is 477 g/mol. The Hall–Kier alpha value is -4.21. The maximum atomic E-state index is 13.1. The van der Waals surface area contributed by atoms with Crippen LogP contribution in [-0.2, 0) is 11.2 Å². The Balaban J connectivity index is 1.37. The van der Waals surface area contributed by atoms with Crippen LogP contribution in [0.5, 0.6) is 5.75 Å². The van der Waals surface area contributed by atoms with Gasteiger partial charge in [0.1, 0.15) is 11.4 Å². The smallest absolute Gasteiger partial charge is 0.294 e. The van der Waals surface area contributed by atoms with Gasteiger partial charge in [-0.2, -0.15) is 0 Å². The number of aromatic nitrogens is 2. The molecule has 0 N–H and O–H groups in total. The quantitative estimate of drug-likeness (QED) is 0.382. The summed E-state index contributed by atoms with van der Waals surface area (Å²) < 4.78 is 6.70. The van der Waals surface area contributed by atoms with Gasteiger partial charge in [-0.3, -0.25) is 19.7 Å². The standard InChI is InChI=1S/C25H27N5O5/c1-35-21-7-3-19(4-8-21)5-10-24(31)27-12-2-13-28(16-15-27)25(32)20-6-9-22(23(17-20)30(33)34)29-14-11-26-18-29/h3-4,6-9,11,14,17-18H,2,5,10,12-13,15-16H2,1H3. The van der Waals surface area contributed by atoms with Crippen LogP contribution in [0.3, 0.4) is 0 Å². The van der Waals surface area contributed by atoms with Gasteiger partial charge in [-0.25, -0.2) is 4.98 Å². The highest BCUT2D eigenvalue weighted by Crippen LogP contribution is 2.25. The number of hydrogen-bond donors (Lipinski definition) is 0. The van der Waals surface area contributed by atoms with Crippen LogP contribution in [0.1, 0.15) is 28.8 Å². The van der Waals surface area contributed by atoms with Gasteiger partial charge in [0.2, 0.25) is 5.91 Å². The third kappa shape index (κ3) is 5.65. The normalized spacial score (nSPS) is 13.9. The molecule has 1 saturated heterocycles. The van der Waals surface area contributed by atoms with Crippen molar-refractivity contribution in [2.45, 2.75) is 19.3 Å². The first kappa shape index (κ1) is 23.9. The van der Waals surface area contributed by atoms with Crippen LogP contribution < -0.4 is 4.74 Å². The fraction of sp³-hybridized carbons (Fsp3) is 0.320. The largest absolute Gasteiger partial charge is 0.497 e. The molecule has 0 unspecified atom stereocenters. The molecule has 1 aliphatic rings. The van der Waals surface area contributed by atoms with E-state index in [0.29, 0.717) is 51.1 Å². The van der Waals surface area contributed by atoms with Crippen molar-refractivity contribution in [3.05, 3.63) is 82.4 Å². The summed E-state index contributed by atoms with van der Waals surface area (Å²) in [6, 6.07) is 12.1. The number of amides is 2. The van der Waals surface area contributed by atoms with E-state index in [1.165, 1.54) is 23.2 Å². The molecule has 10 nitrogen and oxygen atoms in total. The maximum absolute atomic E-state index is 13.1. The predicted molar refractivity (Wildman–Crippen MR) is 129 cm³/mol. The van der Waals surface area contributed by atoms with Crippen LogP contribution >= 0.6 is 0 Å². The lowest BCUT2D eigenvalue weighted by molar-refractivity contribution is -0.384. The minimum absolute atomic E-state index is 0.0513. The molecule has 35 heavy (non-hydrogen) atoms. The van der Waals surface area contributed by atoms with Gasteiger partial charge < -0.3 is 19.1 Å². The number of carbonyl (C=O) groups is 2. The summed E-state index contributed by atoms with van der Waals surface area (Å²) in [6.07, 6.45) is 6.29. The van der Waals surface area contributed by atoms with Crippen molar-refractivity contribution in [1.29, 1.82) is 0 Å². The molecule has 2 amide bonds. The van der Waals surface area contributed by atoms with Gasteiger partial charge in [0.05, 0.1) is 18.4 Å². The first-order chi connectivity index (χ1) is 17.0. The Kier molecular flexibility index (Phi) is 7.39. The number of methoxy groups -OCH3 is 1. The zero-order valence-corrected chi connectivity index (χ0v) is 19.5. The molecule has 0 aliphatic carbocycles. The molecular formula is C25H27N5O5. The van der Waals surface area contributed by atoms with Gasteiger partial charge in [-0.15, -0.1) is 0 Å². The van der Waals surface area contributed by atoms with E-state index in [1.54, 1.807) is 35.2 Å². The van der Waals surface area contributed by atoms with Crippen LogP contribution in [0.2, 0.25) is 0 Å². The Morgan fingerprint density at radius 2 is 1.80 bits per heavy atom. The number of nitro groups is 1. The topological polar surface area (TPSA) is 111 Å². The van der Waals surface area contributed by atoms with E-state index >= 15 is 0 Å². The summed E-state index contributed by atoms with van der Waals surface area (Å²) in [7, 11) is 1.61. The molecule has 1 fully saturated rings. The van der Waals surface area contributed by atoms with Crippen molar-refractivity contribution < 1.29 is 19.2 Å². The van der Waals surface area contributed by atoms with Gasteiger partial charge in [0, 0.05) is 56.6 Å². The highest BCUT2D eigenvalue weighted by atomic mass is 16.6. The van der Waals surface area contributed by atoms with Crippen molar-refractivity contribution in [2.75, 3.05) is 33.3 Å². The average Bonchev–Trinajstić information content (AvgIpc) is 3.31. The zero-order valence-electron chi connectivity index (χ0n) is 19.5. The van der Waals surface area contributed by atoms with E-state index in [0.717, 1.165) is 11.3 Å². The number of rotatable bonds is 7. The van der Waals surface area contributed by atoms with E-state index in [2.05, 4.69) is 4.98 Å². The molecule has 2 heterocycles. The van der Waals surface area contributed by atoms with E-state index in [9.17, 15) is 19.7 Å². The molecule has 1 aliphatic heterocycles. The van der Waals surface area contributed by atoms with Crippen molar-refractivity contribution in [3.63, 3.8) is 0 Å². The number of imidazole rings is 1. The summed E-state index contributed by atoms with van der Waals surface area (Å²) in [5.74, 6) is 0.548. The van der Waals surface area contributed by atoms with Crippen molar-refractivity contribution in [2.24, 2.45) is 0 Å².